The lowest BCUT2D eigenvalue weighted by Crippen LogP contribution is -2.35. The van der Waals surface area contributed by atoms with E-state index in [2.05, 4.69) is 0 Å². The number of hydrogen-bond acceptors (Lipinski definition) is 3. The van der Waals surface area contributed by atoms with Gasteiger partial charge >= 0.3 is 0 Å². The van der Waals surface area contributed by atoms with E-state index in [1.807, 2.05) is 40.7 Å². The van der Waals surface area contributed by atoms with Gasteiger partial charge in [0.25, 0.3) is 0 Å². The Morgan fingerprint density at radius 2 is 1.65 bits per heavy atom. The highest BCUT2D eigenvalue weighted by Gasteiger charge is 2.29. The molecule has 0 saturated carbocycles. The fraction of sp³-hybridized carbons (Fsp3) is 0.600. The van der Waals surface area contributed by atoms with E-state index in [1.165, 1.54) is 4.31 Å². The lowest BCUT2D eigenvalue weighted by molar-refractivity contribution is 0.310. The van der Waals surface area contributed by atoms with Gasteiger partial charge in [0.2, 0.25) is 10.0 Å². The van der Waals surface area contributed by atoms with Crippen LogP contribution in [0, 0.1) is 26.2 Å². The van der Waals surface area contributed by atoms with Gasteiger partial charge in [-0.05, 0) is 42.9 Å². The van der Waals surface area contributed by atoms with Gasteiger partial charge in [-0.2, -0.15) is 0 Å². The number of nitrogens with zero attached hydrogens (tertiary/aromatic N) is 1. The Bertz CT molecular complexity index is 614. The van der Waals surface area contributed by atoms with Crippen molar-refractivity contribution in [1.82, 2.24) is 4.31 Å². The highest BCUT2D eigenvalue weighted by Crippen LogP contribution is 2.30. The molecule has 0 aliphatic carbocycles. The van der Waals surface area contributed by atoms with Crippen LogP contribution in [0.2, 0.25) is 0 Å². The minimum absolute atomic E-state index is 0.0974. The molecule has 1 aromatic carbocycles. The Morgan fingerprint density at radius 1 is 1.15 bits per heavy atom. The smallest absolute Gasteiger partial charge is 0.243 e. The second kappa shape index (κ2) is 5.37. The number of aryl methyl sites for hydroxylation is 2. The van der Waals surface area contributed by atoms with Crippen LogP contribution < -0.4 is 5.73 Å². The molecule has 0 atom stereocenters. The monoisotopic (exact) mass is 298 g/mol. The normalized spacial score (nSPS) is 13.0. The lowest BCUT2D eigenvalue weighted by atomic mass is 9.97. The maximum Gasteiger partial charge on any atom is 0.243 e. The molecule has 114 valence electrons. The zero-order chi connectivity index (χ0) is 15.9. The van der Waals surface area contributed by atoms with Crippen molar-refractivity contribution in [3.63, 3.8) is 0 Å². The molecule has 1 aromatic rings. The summed E-state index contributed by atoms with van der Waals surface area (Å²) in [5, 5.41) is 0. The molecule has 0 radical (unpaired) electrons. The average Bonchev–Trinajstić information content (AvgIpc) is 2.23. The summed E-state index contributed by atoms with van der Waals surface area (Å²) in [6.07, 6.45) is 0. The van der Waals surface area contributed by atoms with Crippen LogP contribution in [0.5, 0.6) is 0 Å². The van der Waals surface area contributed by atoms with E-state index in [9.17, 15) is 8.42 Å². The SMILES string of the molecule is Cc1cc(C)c(S(=O)(=O)N(C)CC(C)(C)C)c(C)c1N. The number of nitrogen functional groups attached to an aromatic ring is 1. The summed E-state index contributed by atoms with van der Waals surface area (Å²) in [5.74, 6) is 0. The van der Waals surface area contributed by atoms with E-state index in [4.69, 9.17) is 5.73 Å². The first kappa shape index (κ1) is 17.0. The van der Waals surface area contributed by atoms with Gasteiger partial charge in [-0.15, -0.1) is 0 Å². The highest BCUT2D eigenvalue weighted by molar-refractivity contribution is 7.89. The van der Waals surface area contributed by atoms with Gasteiger partial charge in [0.15, 0.2) is 0 Å². The van der Waals surface area contributed by atoms with Crippen LogP contribution in [-0.2, 0) is 10.0 Å². The van der Waals surface area contributed by atoms with Crippen LogP contribution in [0.15, 0.2) is 11.0 Å². The molecule has 0 aliphatic rings. The molecule has 0 bridgehead atoms. The molecule has 0 aromatic heterocycles. The fourth-order valence-corrected chi connectivity index (χ4v) is 4.32. The van der Waals surface area contributed by atoms with E-state index in [0.717, 1.165) is 11.1 Å². The molecule has 0 spiro atoms. The molecule has 0 heterocycles. The summed E-state index contributed by atoms with van der Waals surface area (Å²) < 4.78 is 27.0. The Hall–Kier alpha value is -1.07. The maximum absolute atomic E-state index is 12.8. The standard InChI is InChI=1S/C15H26N2O2S/c1-10-8-11(2)14(12(3)13(10)16)20(18,19)17(7)9-15(4,5)6/h8H,9,16H2,1-7H3. The van der Waals surface area contributed by atoms with Crippen LogP contribution in [0.3, 0.4) is 0 Å². The van der Waals surface area contributed by atoms with Gasteiger partial charge in [-0.25, -0.2) is 12.7 Å². The van der Waals surface area contributed by atoms with E-state index >= 15 is 0 Å². The molecule has 4 nitrogen and oxygen atoms in total. The first-order valence-electron chi connectivity index (χ1n) is 6.70. The molecule has 5 heteroatoms. The second-order valence-corrected chi connectivity index (χ2v) is 8.68. The molecule has 0 unspecified atom stereocenters. The van der Waals surface area contributed by atoms with E-state index in [1.54, 1.807) is 14.0 Å². The molecule has 0 saturated heterocycles. The molecular weight excluding hydrogens is 272 g/mol. The predicted octanol–water partition coefficient (Wildman–Crippen LogP) is 2.86. The first-order chi connectivity index (χ1) is 8.88. The summed E-state index contributed by atoms with van der Waals surface area (Å²) in [4.78, 5) is 0.340. The third-order valence-electron chi connectivity index (χ3n) is 3.33. The first-order valence-corrected chi connectivity index (χ1v) is 8.14. The van der Waals surface area contributed by atoms with Crippen molar-refractivity contribution in [2.24, 2.45) is 5.41 Å². The van der Waals surface area contributed by atoms with E-state index in [-0.39, 0.29) is 5.41 Å². The molecular formula is C15H26N2O2S. The zero-order valence-corrected chi connectivity index (χ0v) is 14.4. The Kier molecular flexibility index (Phi) is 4.56. The number of hydrogen-bond donors (Lipinski definition) is 1. The van der Waals surface area contributed by atoms with Gasteiger partial charge in [0.1, 0.15) is 0 Å². The van der Waals surface area contributed by atoms with Crippen molar-refractivity contribution in [1.29, 1.82) is 0 Å². The topological polar surface area (TPSA) is 63.4 Å². The van der Waals surface area contributed by atoms with Crippen LogP contribution >= 0.6 is 0 Å². The van der Waals surface area contributed by atoms with Crippen molar-refractivity contribution >= 4 is 15.7 Å². The number of rotatable bonds is 3. The van der Waals surface area contributed by atoms with Crippen molar-refractivity contribution < 1.29 is 8.42 Å². The van der Waals surface area contributed by atoms with E-state index < -0.39 is 10.0 Å². The van der Waals surface area contributed by atoms with Gasteiger partial charge in [-0.3, -0.25) is 0 Å². The highest BCUT2D eigenvalue weighted by atomic mass is 32.2. The summed E-state index contributed by atoms with van der Waals surface area (Å²) in [6.45, 7) is 12.0. The van der Waals surface area contributed by atoms with Crippen molar-refractivity contribution in [2.45, 2.75) is 46.4 Å². The minimum atomic E-state index is -3.52. The summed E-state index contributed by atoms with van der Waals surface area (Å²) in [7, 11) is -1.90. The number of nitrogens with two attached hydrogens (primary N) is 1. The Morgan fingerprint density at radius 3 is 2.10 bits per heavy atom. The minimum Gasteiger partial charge on any atom is -0.398 e. The number of benzene rings is 1. The van der Waals surface area contributed by atoms with Crippen LogP contribution in [0.25, 0.3) is 0 Å². The lowest BCUT2D eigenvalue weighted by Gasteiger charge is -2.27. The third-order valence-corrected chi connectivity index (χ3v) is 5.42. The number of sulfonamides is 1. The summed E-state index contributed by atoms with van der Waals surface area (Å²) >= 11 is 0. The number of anilines is 1. The van der Waals surface area contributed by atoms with Gasteiger partial charge < -0.3 is 5.73 Å². The van der Waals surface area contributed by atoms with Gasteiger partial charge in [-0.1, -0.05) is 26.8 Å². The van der Waals surface area contributed by atoms with Crippen LogP contribution in [0.4, 0.5) is 5.69 Å². The fourth-order valence-electron chi connectivity index (χ4n) is 2.49. The van der Waals surface area contributed by atoms with Crippen molar-refractivity contribution in [3.8, 4) is 0 Å². The zero-order valence-electron chi connectivity index (χ0n) is 13.5. The molecule has 2 N–H and O–H groups in total. The second-order valence-electron chi connectivity index (χ2n) is 6.70. The van der Waals surface area contributed by atoms with E-state index in [0.29, 0.717) is 22.7 Å². The average molecular weight is 298 g/mol. The predicted molar refractivity (Wildman–Crippen MR) is 84.3 cm³/mol. The third kappa shape index (κ3) is 3.33. The molecule has 0 amide bonds. The summed E-state index contributed by atoms with van der Waals surface area (Å²) in [5.41, 5.74) is 8.75. The maximum atomic E-state index is 12.8. The van der Waals surface area contributed by atoms with Crippen LogP contribution in [0.1, 0.15) is 37.5 Å². The van der Waals surface area contributed by atoms with Crippen molar-refractivity contribution in [3.05, 3.63) is 22.8 Å². The molecule has 1 rings (SSSR count). The largest absolute Gasteiger partial charge is 0.398 e. The molecule has 20 heavy (non-hydrogen) atoms. The van der Waals surface area contributed by atoms with Crippen LogP contribution in [-0.4, -0.2) is 26.3 Å². The quantitative estimate of drug-likeness (QED) is 0.873. The van der Waals surface area contributed by atoms with Gasteiger partial charge in [0.05, 0.1) is 4.90 Å². The summed E-state index contributed by atoms with van der Waals surface area (Å²) in [6, 6.07) is 1.83. The molecule has 0 aliphatic heterocycles. The molecule has 0 fully saturated rings. The van der Waals surface area contributed by atoms with Crippen molar-refractivity contribution in [2.75, 3.05) is 19.3 Å². The van der Waals surface area contributed by atoms with Gasteiger partial charge in [0, 0.05) is 19.3 Å². The Labute approximate surface area is 123 Å². The Balaban J connectivity index is 3.41.